The van der Waals surface area contributed by atoms with Gasteiger partial charge in [0.25, 0.3) is 0 Å². The summed E-state index contributed by atoms with van der Waals surface area (Å²) in [4.78, 5) is 14.7. The average molecular weight is 479 g/mol. The number of nitrogens with one attached hydrogen (secondary N) is 2. The number of hydrogen-bond donors (Lipinski definition) is 3. The SMILES string of the molecule is CC(=CCSCC(Nc1ccc(C)[nH]1)C(=O)O)CCCC(C)CCCC(C)CCCC(C)C. The van der Waals surface area contributed by atoms with Gasteiger partial charge in [-0.3, -0.25) is 0 Å². The van der Waals surface area contributed by atoms with Crippen LogP contribution in [0.1, 0.15) is 98.1 Å². The van der Waals surface area contributed by atoms with E-state index < -0.39 is 12.0 Å². The van der Waals surface area contributed by atoms with E-state index in [0.29, 0.717) is 5.75 Å². The molecule has 0 bridgehead atoms. The molecule has 0 aliphatic carbocycles. The lowest BCUT2D eigenvalue weighted by Gasteiger charge is -2.15. The molecule has 1 aromatic heterocycles. The molecule has 3 N–H and O–H groups in total. The molecule has 0 saturated heterocycles. The largest absolute Gasteiger partial charge is 0.480 e. The van der Waals surface area contributed by atoms with Gasteiger partial charge in [0.15, 0.2) is 0 Å². The Labute approximate surface area is 207 Å². The molecule has 33 heavy (non-hydrogen) atoms. The van der Waals surface area contributed by atoms with Crippen molar-refractivity contribution in [2.45, 2.75) is 105 Å². The molecule has 0 aliphatic heterocycles. The molecule has 3 atom stereocenters. The summed E-state index contributed by atoms with van der Waals surface area (Å²) >= 11 is 1.67. The number of aliphatic carboxylic acids is 1. The van der Waals surface area contributed by atoms with Gasteiger partial charge in [0, 0.05) is 17.2 Å². The first-order chi connectivity index (χ1) is 15.7. The van der Waals surface area contributed by atoms with Crippen molar-refractivity contribution in [2.24, 2.45) is 17.8 Å². The first-order valence-corrected chi connectivity index (χ1v) is 14.2. The highest BCUT2D eigenvalue weighted by Crippen LogP contribution is 2.22. The summed E-state index contributed by atoms with van der Waals surface area (Å²) in [5, 5.41) is 12.5. The highest BCUT2D eigenvalue weighted by molar-refractivity contribution is 7.99. The summed E-state index contributed by atoms with van der Waals surface area (Å²) in [6.07, 6.45) is 14.2. The van der Waals surface area contributed by atoms with Crippen molar-refractivity contribution in [1.82, 2.24) is 4.98 Å². The number of thioether (sulfide) groups is 1. The van der Waals surface area contributed by atoms with E-state index in [1.807, 2.05) is 19.1 Å². The van der Waals surface area contributed by atoms with Gasteiger partial charge in [-0.25, -0.2) is 4.79 Å². The van der Waals surface area contributed by atoms with E-state index in [9.17, 15) is 9.90 Å². The zero-order valence-corrected chi connectivity index (χ0v) is 22.9. The lowest BCUT2D eigenvalue weighted by atomic mass is 9.91. The van der Waals surface area contributed by atoms with E-state index in [1.54, 1.807) is 11.8 Å². The fourth-order valence-corrected chi connectivity index (χ4v) is 5.15. The van der Waals surface area contributed by atoms with E-state index >= 15 is 0 Å². The topological polar surface area (TPSA) is 65.1 Å². The number of allylic oxidation sites excluding steroid dienone is 1. The van der Waals surface area contributed by atoms with Crippen molar-refractivity contribution in [2.75, 3.05) is 16.8 Å². The minimum Gasteiger partial charge on any atom is -0.480 e. The molecule has 0 amide bonds. The van der Waals surface area contributed by atoms with Crippen LogP contribution in [0.2, 0.25) is 0 Å². The Balaban J connectivity index is 2.13. The van der Waals surface area contributed by atoms with Gasteiger partial charge in [-0.15, -0.1) is 0 Å². The van der Waals surface area contributed by atoms with Gasteiger partial charge in [-0.2, -0.15) is 11.8 Å². The Hall–Kier alpha value is -1.36. The van der Waals surface area contributed by atoms with Crippen LogP contribution < -0.4 is 5.32 Å². The van der Waals surface area contributed by atoms with E-state index in [4.69, 9.17) is 0 Å². The van der Waals surface area contributed by atoms with Crippen molar-refractivity contribution >= 4 is 23.5 Å². The number of aromatic amines is 1. The number of aryl methyl sites for hydroxylation is 1. The van der Waals surface area contributed by atoms with Gasteiger partial charge in [0.1, 0.15) is 11.9 Å². The maximum atomic E-state index is 11.5. The molecule has 0 fully saturated rings. The van der Waals surface area contributed by atoms with Crippen molar-refractivity contribution < 1.29 is 9.90 Å². The minimum absolute atomic E-state index is 0.546. The number of H-pyrrole nitrogens is 1. The third kappa shape index (κ3) is 15.2. The predicted octanol–water partition coefficient (Wildman–Crippen LogP) is 8.31. The Kier molecular flexibility index (Phi) is 15.4. The summed E-state index contributed by atoms with van der Waals surface area (Å²) in [6.45, 7) is 13.6. The second-order valence-electron chi connectivity index (χ2n) is 10.5. The van der Waals surface area contributed by atoms with Crippen LogP contribution in [-0.4, -0.2) is 33.6 Å². The van der Waals surface area contributed by atoms with Crippen LogP contribution in [0.5, 0.6) is 0 Å². The Bertz CT molecular complexity index is 683. The van der Waals surface area contributed by atoms with Gasteiger partial charge < -0.3 is 15.4 Å². The standard InChI is InChI=1S/C28H50N2O2S/c1-21(2)10-7-11-22(3)12-8-13-23(4)14-9-15-24(5)18-19-33-20-26(28(31)32)30-27-17-16-25(6)29-27/h16-18,21-23,26,29-30H,7-15,19-20H2,1-6H3,(H,31,32). The number of rotatable bonds is 19. The second kappa shape index (κ2) is 17.1. The maximum Gasteiger partial charge on any atom is 0.327 e. The third-order valence-electron chi connectivity index (χ3n) is 6.43. The average Bonchev–Trinajstić information content (AvgIpc) is 3.14. The quantitative estimate of drug-likeness (QED) is 0.138. The molecule has 0 aromatic carbocycles. The lowest BCUT2D eigenvalue weighted by Crippen LogP contribution is -2.31. The van der Waals surface area contributed by atoms with Crippen molar-refractivity contribution in [3.05, 3.63) is 29.5 Å². The molecule has 0 spiro atoms. The van der Waals surface area contributed by atoms with Crippen molar-refractivity contribution in [3.63, 3.8) is 0 Å². The third-order valence-corrected chi connectivity index (χ3v) is 7.41. The Morgan fingerprint density at radius 1 is 1.03 bits per heavy atom. The van der Waals surface area contributed by atoms with E-state index in [1.165, 1.54) is 56.9 Å². The monoisotopic (exact) mass is 478 g/mol. The van der Waals surface area contributed by atoms with Gasteiger partial charge >= 0.3 is 5.97 Å². The molecule has 3 unspecified atom stereocenters. The van der Waals surface area contributed by atoms with Gasteiger partial charge in [-0.05, 0) is 56.6 Å². The van der Waals surface area contributed by atoms with E-state index in [0.717, 1.165) is 41.4 Å². The molecule has 1 heterocycles. The summed E-state index contributed by atoms with van der Waals surface area (Å²) in [7, 11) is 0. The lowest BCUT2D eigenvalue weighted by molar-refractivity contribution is -0.137. The Morgan fingerprint density at radius 2 is 1.64 bits per heavy atom. The fraction of sp³-hybridized carbons (Fsp3) is 0.750. The molecule has 0 aliphatic rings. The molecule has 0 saturated carbocycles. The molecular formula is C28H50N2O2S. The Morgan fingerprint density at radius 3 is 2.18 bits per heavy atom. The molecule has 190 valence electrons. The number of carbonyl (C=O) groups is 1. The van der Waals surface area contributed by atoms with Gasteiger partial charge in [0.05, 0.1) is 0 Å². The number of aromatic nitrogens is 1. The smallest absolute Gasteiger partial charge is 0.327 e. The van der Waals surface area contributed by atoms with E-state index in [2.05, 4.69) is 51.0 Å². The fourth-order valence-electron chi connectivity index (χ4n) is 4.15. The molecule has 0 radical (unpaired) electrons. The van der Waals surface area contributed by atoms with Crippen LogP contribution in [-0.2, 0) is 4.79 Å². The van der Waals surface area contributed by atoms with Crippen LogP contribution >= 0.6 is 11.8 Å². The van der Waals surface area contributed by atoms with Crippen LogP contribution in [0.25, 0.3) is 0 Å². The molecule has 1 aromatic rings. The minimum atomic E-state index is -0.811. The van der Waals surface area contributed by atoms with Crippen LogP contribution in [0, 0.1) is 24.7 Å². The van der Waals surface area contributed by atoms with Crippen LogP contribution in [0.3, 0.4) is 0 Å². The number of hydrogen-bond acceptors (Lipinski definition) is 3. The maximum absolute atomic E-state index is 11.5. The van der Waals surface area contributed by atoms with Gasteiger partial charge in [-0.1, -0.05) is 84.3 Å². The predicted molar refractivity (Wildman–Crippen MR) is 146 cm³/mol. The number of carboxylic acids is 1. The zero-order valence-electron chi connectivity index (χ0n) is 22.1. The van der Waals surface area contributed by atoms with E-state index in [-0.39, 0.29) is 0 Å². The summed E-state index contributed by atoms with van der Waals surface area (Å²) < 4.78 is 0. The first kappa shape index (κ1) is 29.7. The zero-order chi connectivity index (χ0) is 24.6. The second-order valence-corrected chi connectivity index (χ2v) is 11.6. The number of anilines is 1. The molecule has 1 rings (SSSR count). The molecule has 5 heteroatoms. The van der Waals surface area contributed by atoms with Gasteiger partial charge in [0.2, 0.25) is 0 Å². The number of carboxylic acid groups (broad SMARTS) is 1. The highest BCUT2D eigenvalue weighted by atomic mass is 32.2. The first-order valence-electron chi connectivity index (χ1n) is 13.1. The summed E-state index contributed by atoms with van der Waals surface area (Å²) in [5.74, 6) is 3.90. The summed E-state index contributed by atoms with van der Waals surface area (Å²) in [5.41, 5.74) is 2.45. The molecular weight excluding hydrogens is 428 g/mol. The van der Waals surface area contributed by atoms with Crippen LogP contribution in [0.4, 0.5) is 5.82 Å². The normalized spacial score (nSPS) is 14.9. The van der Waals surface area contributed by atoms with Crippen LogP contribution in [0.15, 0.2) is 23.8 Å². The van der Waals surface area contributed by atoms with Crippen molar-refractivity contribution in [3.8, 4) is 0 Å². The summed E-state index contributed by atoms with van der Waals surface area (Å²) in [6, 6.07) is 3.24. The highest BCUT2D eigenvalue weighted by Gasteiger charge is 2.17. The molecule has 4 nitrogen and oxygen atoms in total. The van der Waals surface area contributed by atoms with Crippen molar-refractivity contribution in [1.29, 1.82) is 0 Å².